The zero-order chi connectivity index (χ0) is 26.4. The second-order valence-electron chi connectivity index (χ2n) is 8.99. The Morgan fingerprint density at radius 2 is 1.76 bits per heavy atom. The minimum Gasteiger partial charge on any atom is -0.379 e. The van der Waals surface area contributed by atoms with Gasteiger partial charge in [0.05, 0.1) is 29.5 Å². The van der Waals surface area contributed by atoms with Crippen molar-refractivity contribution < 1.29 is 17.9 Å². The Balaban J connectivity index is 1.60. The summed E-state index contributed by atoms with van der Waals surface area (Å²) in [5.41, 5.74) is 7.30. The van der Waals surface area contributed by atoms with Gasteiger partial charge in [0.1, 0.15) is 17.5 Å². The van der Waals surface area contributed by atoms with E-state index in [-0.39, 0.29) is 46.6 Å². The van der Waals surface area contributed by atoms with Gasteiger partial charge in [-0.25, -0.2) is 23.1 Å². The highest BCUT2D eigenvalue weighted by Crippen LogP contribution is 2.34. The van der Waals surface area contributed by atoms with Crippen molar-refractivity contribution in [1.82, 2.24) is 24.1 Å². The predicted molar refractivity (Wildman–Crippen MR) is 134 cm³/mol. The summed E-state index contributed by atoms with van der Waals surface area (Å²) in [6, 6.07) is 12.4. The van der Waals surface area contributed by atoms with Crippen molar-refractivity contribution in [3.05, 3.63) is 100.0 Å². The van der Waals surface area contributed by atoms with Gasteiger partial charge in [-0.2, -0.15) is 4.52 Å². The average molecular weight is 518 g/mol. The molecule has 1 unspecified atom stereocenters. The maximum Gasteiger partial charge on any atom is 0.258 e. The van der Waals surface area contributed by atoms with Crippen LogP contribution in [-0.4, -0.2) is 37.4 Å². The summed E-state index contributed by atoms with van der Waals surface area (Å²) in [4.78, 5) is 22.8. The quantitative estimate of drug-likeness (QED) is 0.375. The van der Waals surface area contributed by atoms with Crippen LogP contribution in [0.3, 0.4) is 0 Å². The Bertz CT molecular complexity index is 1710. The van der Waals surface area contributed by atoms with Crippen molar-refractivity contribution >= 4 is 11.6 Å². The van der Waals surface area contributed by atoms with Gasteiger partial charge in [-0.3, -0.25) is 4.79 Å². The molecule has 5 aromatic rings. The van der Waals surface area contributed by atoms with E-state index in [1.807, 2.05) is 0 Å². The SMILES string of the molecule is Nc1nc(-c2ccc(F)cc2)c(-c2cccn(C3CCOC3)c2=O)c2nc(Cc3c(F)cccc3F)nn12. The maximum absolute atomic E-state index is 14.4. The standard InChI is InChI=1S/C27H21F3N6O2/c28-16-8-6-15(7-9-16)24-23(18-3-2-11-35(26(18)37)17-10-12-38-14-17)25-32-22(34-36(25)27(31)33-24)13-19-20(29)4-1-5-21(19)30/h1-9,11,17H,10,12-14H2,(H2,31,33). The first-order valence-electron chi connectivity index (χ1n) is 11.9. The summed E-state index contributed by atoms with van der Waals surface area (Å²) < 4.78 is 50.8. The van der Waals surface area contributed by atoms with Gasteiger partial charge in [-0.05, 0) is 55.0 Å². The zero-order valence-corrected chi connectivity index (χ0v) is 19.9. The van der Waals surface area contributed by atoms with E-state index in [1.165, 1.54) is 34.8 Å². The molecular formula is C27H21F3N6O2. The highest BCUT2D eigenvalue weighted by Gasteiger charge is 2.25. The monoisotopic (exact) mass is 518 g/mol. The molecule has 1 saturated heterocycles. The van der Waals surface area contributed by atoms with Gasteiger partial charge in [0.25, 0.3) is 5.56 Å². The number of rotatable bonds is 5. The van der Waals surface area contributed by atoms with Crippen LogP contribution in [0.2, 0.25) is 0 Å². The van der Waals surface area contributed by atoms with Gasteiger partial charge >= 0.3 is 0 Å². The first kappa shape index (κ1) is 23.9. The lowest BCUT2D eigenvalue weighted by Crippen LogP contribution is -2.26. The second-order valence-corrected chi connectivity index (χ2v) is 8.99. The lowest BCUT2D eigenvalue weighted by Gasteiger charge is -2.16. The van der Waals surface area contributed by atoms with E-state index in [9.17, 15) is 18.0 Å². The number of anilines is 1. The Kier molecular flexibility index (Phi) is 5.91. The van der Waals surface area contributed by atoms with Crippen LogP contribution in [0.25, 0.3) is 28.0 Å². The first-order valence-corrected chi connectivity index (χ1v) is 11.9. The van der Waals surface area contributed by atoms with Gasteiger partial charge in [0.2, 0.25) is 5.95 Å². The molecule has 11 heteroatoms. The lowest BCUT2D eigenvalue weighted by atomic mass is 10.0. The molecule has 0 radical (unpaired) electrons. The van der Waals surface area contributed by atoms with Gasteiger partial charge in [-0.15, -0.1) is 5.10 Å². The molecule has 0 bridgehead atoms. The van der Waals surface area contributed by atoms with Crippen molar-refractivity contribution in [3.8, 4) is 22.4 Å². The molecule has 2 aromatic carbocycles. The van der Waals surface area contributed by atoms with Crippen LogP contribution in [0.15, 0.2) is 65.6 Å². The largest absolute Gasteiger partial charge is 0.379 e. The molecule has 0 aliphatic carbocycles. The smallest absolute Gasteiger partial charge is 0.258 e. The maximum atomic E-state index is 14.4. The van der Waals surface area contributed by atoms with Crippen LogP contribution >= 0.6 is 0 Å². The molecule has 3 aromatic heterocycles. The van der Waals surface area contributed by atoms with Crippen LogP contribution in [-0.2, 0) is 11.2 Å². The molecule has 0 saturated carbocycles. The van der Waals surface area contributed by atoms with Crippen LogP contribution in [0.4, 0.5) is 19.1 Å². The van der Waals surface area contributed by atoms with E-state index in [0.29, 0.717) is 36.5 Å². The fourth-order valence-corrected chi connectivity index (χ4v) is 4.73. The minimum atomic E-state index is -0.730. The van der Waals surface area contributed by atoms with Crippen LogP contribution in [0.5, 0.6) is 0 Å². The molecule has 38 heavy (non-hydrogen) atoms. The molecule has 0 amide bonds. The highest BCUT2D eigenvalue weighted by molar-refractivity contribution is 5.90. The van der Waals surface area contributed by atoms with Crippen LogP contribution in [0, 0.1) is 17.5 Å². The van der Waals surface area contributed by atoms with Crippen LogP contribution < -0.4 is 11.3 Å². The van der Waals surface area contributed by atoms with E-state index in [1.54, 1.807) is 22.9 Å². The number of fused-ring (bicyclic) bond motifs is 1. The fourth-order valence-electron chi connectivity index (χ4n) is 4.73. The Labute approximate surface area is 214 Å². The zero-order valence-electron chi connectivity index (χ0n) is 19.9. The number of nitrogens with zero attached hydrogens (tertiary/aromatic N) is 5. The van der Waals surface area contributed by atoms with E-state index in [4.69, 9.17) is 10.5 Å². The number of ether oxygens (including phenoxy) is 1. The van der Waals surface area contributed by atoms with E-state index < -0.39 is 17.5 Å². The molecule has 4 heterocycles. The molecule has 8 nitrogen and oxygen atoms in total. The first-order chi connectivity index (χ1) is 18.4. The third kappa shape index (κ3) is 4.10. The molecule has 1 aliphatic heterocycles. The molecular weight excluding hydrogens is 497 g/mol. The number of hydrogen-bond donors (Lipinski definition) is 1. The molecule has 1 fully saturated rings. The molecule has 2 N–H and O–H groups in total. The normalized spacial score (nSPS) is 15.4. The fraction of sp³-hybridized carbons (Fsp3) is 0.185. The average Bonchev–Trinajstić information content (AvgIpc) is 3.58. The topological polar surface area (TPSA) is 100 Å². The summed E-state index contributed by atoms with van der Waals surface area (Å²) in [6.45, 7) is 0.961. The number of nitrogens with two attached hydrogens (primary N) is 1. The lowest BCUT2D eigenvalue weighted by molar-refractivity contribution is 0.186. The minimum absolute atomic E-state index is 0.0590. The van der Waals surface area contributed by atoms with Crippen molar-refractivity contribution in [2.75, 3.05) is 18.9 Å². The third-order valence-electron chi connectivity index (χ3n) is 6.61. The summed E-state index contributed by atoms with van der Waals surface area (Å²) in [7, 11) is 0. The molecule has 192 valence electrons. The Morgan fingerprint density at radius 3 is 2.47 bits per heavy atom. The van der Waals surface area contributed by atoms with E-state index in [2.05, 4.69) is 15.1 Å². The van der Waals surface area contributed by atoms with Crippen molar-refractivity contribution in [1.29, 1.82) is 0 Å². The van der Waals surface area contributed by atoms with Crippen molar-refractivity contribution in [2.24, 2.45) is 0 Å². The molecule has 0 spiro atoms. The molecule has 1 aliphatic rings. The predicted octanol–water partition coefficient (Wildman–Crippen LogP) is 4.17. The third-order valence-corrected chi connectivity index (χ3v) is 6.61. The van der Waals surface area contributed by atoms with Crippen molar-refractivity contribution in [2.45, 2.75) is 18.9 Å². The summed E-state index contributed by atoms with van der Waals surface area (Å²) in [6.07, 6.45) is 2.14. The van der Waals surface area contributed by atoms with E-state index in [0.717, 1.165) is 12.1 Å². The number of nitrogen functional groups attached to an aromatic ring is 1. The Hall–Kier alpha value is -4.51. The van der Waals surface area contributed by atoms with Gasteiger partial charge in [0.15, 0.2) is 11.5 Å². The summed E-state index contributed by atoms with van der Waals surface area (Å²) >= 11 is 0. The number of benzene rings is 2. The van der Waals surface area contributed by atoms with Crippen LogP contribution in [0.1, 0.15) is 23.9 Å². The molecule has 6 rings (SSSR count). The van der Waals surface area contributed by atoms with Gasteiger partial charge in [0, 0.05) is 30.4 Å². The van der Waals surface area contributed by atoms with E-state index >= 15 is 0 Å². The van der Waals surface area contributed by atoms with Gasteiger partial charge in [-0.1, -0.05) is 6.07 Å². The van der Waals surface area contributed by atoms with Crippen molar-refractivity contribution in [3.63, 3.8) is 0 Å². The number of aromatic nitrogens is 5. The van der Waals surface area contributed by atoms with Gasteiger partial charge < -0.3 is 15.0 Å². The summed E-state index contributed by atoms with van der Waals surface area (Å²) in [5.74, 6) is -1.88. The highest BCUT2D eigenvalue weighted by atomic mass is 19.1. The number of pyridine rings is 1. The number of hydrogen-bond acceptors (Lipinski definition) is 6. The molecule has 1 atom stereocenters. The second kappa shape index (κ2) is 9.42. The number of halogens is 3. The Morgan fingerprint density at radius 1 is 1.00 bits per heavy atom. The summed E-state index contributed by atoms with van der Waals surface area (Å²) in [5, 5.41) is 4.35.